The van der Waals surface area contributed by atoms with Gasteiger partial charge in [-0.05, 0) is 61.2 Å². The molecule has 7 heteroatoms. The summed E-state index contributed by atoms with van der Waals surface area (Å²) in [5, 5.41) is 6.14. The van der Waals surface area contributed by atoms with Crippen LogP contribution in [0.3, 0.4) is 0 Å². The predicted molar refractivity (Wildman–Crippen MR) is 120 cm³/mol. The van der Waals surface area contributed by atoms with Crippen molar-refractivity contribution in [3.63, 3.8) is 0 Å². The number of hydrogen-bond acceptors (Lipinski definition) is 3. The van der Waals surface area contributed by atoms with Crippen LogP contribution in [-0.4, -0.2) is 42.3 Å². The highest BCUT2D eigenvalue weighted by Crippen LogP contribution is 2.18. The monoisotopic (exact) mass is 429 g/mol. The lowest BCUT2D eigenvalue weighted by Crippen LogP contribution is -2.51. The van der Waals surface area contributed by atoms with Gasteiger partial charge in [0.25, 0.3) is 5.91 Å². The third-order valence-electron chi connectivity index (χ3n) is 4.96. The van der Waals surface area contributed by atoms with Gasteiger partial charge < -0.3 is 15.5 Å². The van der Waals surface area contributed by atoms with E-state index < -0.39 is 6.04 Å². The summed E-state index contributed by atoms with van der Waals surface area (Å²) in [7, 11) is 1.55. The zero-order valence-corrected chi connectivity index (χ0v) is 18.7. The number of aryl methyl sites for hydroxylation is 1. The molecule has 160 valence electrons. The fourth-order valence-corrected chi connectivity index (χ4v) is 3.07. The van der Waals surface area contributed by atoms with Crippen molar-refractivity contribution in [2.24, 2.45) is 5.92 Å². The maximum Gasteiger partial charge on any atom is 0.251 e. The van der Waals surface area contributed by atoms with Gasteiger partial charge in [-0.3, -0.25) is 14.4 Å². The molecule has 1 atom stereocenters. The third kappa shape index (κ3) is 6.07. The Morgan fingerprint density at radius 1 is 1.03 bits per heavy atom. The van der Waals surface area contributed by atoms with Crippen molar-refractivity contribution in [1.82, 2.24) is 10.2 Å². The highest BCUT2D eigenvalue weighted by Gasteiger charge is 2.28. The summed E-state index contributed by atoms with van der Waals surface area (Å²) in [6.07, 6.45) is 0. The van der Waals surface area contributed by atoms with Crippen molar-refractivity contribution < 1.29 is 14.4 Å². The molecule has 0 aliphatic heterocycles. The maximum absolute atomic E-state index is 12.9. The molecule has 2 rings (SSSR count). The van der Waals surface area contributed by atoms with Crippen molar-refractivity contribution >= 4 is 35.0 Å². The summed E-state index contributed by atoms with van der Waals surface area (Å²) in [5.74, 6) is -1.15. The average Bonchev–Trinajstić information content (AvgIpc) is 2.69. The normalized spacial score (nSPS) is 11.7. The van der Waals surface area contributed by atoms with E-state index in [9.17, 15) is 14.4 Å². The van der Waals surface area contributed by atoms with Crippen LogP contribution in [0.15, 0.2) is 42.5 Å². The SMILES string of the molecule is Cc1cccc(NC(=O)CN(C)C(=O)C(NC(=O)c2ccc(Cl)cc2)C(C)C)c1C. The van der Waals surface area contributed by atoms with Crippen molar-refractivity contribution in [3.05, 3.63) is 64.2 Å². The highest BCUT2D eigenvalue weighted by atomic mass is 35.5. The van der Waals surface area contributed by atoms with E-state index in [1.807, 2.05) is 45.9 Å². The number of carbonyl (C=O) groups excluding carboxylic acids is 3. The first-order chi connectivity index (χ1) is 14.1. The number of likely N-dealkylation sites (N-methyl/N-ethyl adjacent to an activating group) is 1. The Bertz CT molecular complexity index is 926. The van der Waals surface area contributed by atoms with Gasteiger partial charge in [-0.15, -0.1) is 0 Å². The molecule has 2 aromatic rings. The zero-order valence-electron chi connectivity index (χ0n) is 18.0. The van der Waals surface area contributed by atoms with Crippen LogP contribution < -0.4 is 10.6 Å². The van der Waals surface area contributed by atoms with Crippen molar-refractivity contribution in [2.75, 3.05) is 18.9 Å². The number of nitrogens with one attached hydrogen (secondary N) is 2. The summed E-state index contributed by atoms with van der Waals surface area (Å²) in [6.45, 7) is 7.47. The number of halogens is 1. The highest BCUT2D eigenvalue weighted by molar-refractivity contribution is 6.30. The first-order valence-electron chi connectivity index (χ1n) is 9.77. The molecule has 3 amide bonds. The third-order valence-corrected chi connectivity index (χ3v) is 5.21. The maximum atomic E-state index is 12.9. The van der Waals surface area contributed by atoms with Gasteiger partial charge in [0, 0.05) is 23.3 Å². The van der Waals surface area contributed by atoms with Crippen LogP contribution in [0.1, 0.15) is 35.3 Å². The van der Waals surface area contributed by atoms with Crippen molar-refractivity contribution in [3.8, 4) is 0 Å². The number of carbonyl (C=O) groups is 3. The molecule has 0 fully saturated rings. The summed E-state index contributed by atoms with van der Waals surface area (Å²) >= 11 is 5.86. The van der Waals surface area contributed by atoms with Crippen molar-refractivity contribution in [1.29, 1.82) is 0 Å². The first kappa shape index (κ1) is 23.4. The molecule has 2 N–H and O–H groups in total. The number of hydrogen-bond donors (Lipinski definition) is 2. The van der Waals surface area contributed by atoms with Crippen LogP contribution in [0.4, 0.5) is 5.69 Å². The summed E-state index contributed by atoms with van der Waals surface area (Å²) < 4.78 is 0. The minimum atomic E-state index is -0.758. The molecule has 0 radical (unpaired) electrons. The average molecular weight is 430 g/mol. The van der Waals surface area contributed by atoms with Gasteiger partial charge in [0.15, 0.2) is 0 Å². The van der Waals surface area contributed by atoms with E-state index in [2.05, 4.69) is 10.6 Å². The van der Waals surface area contributed by atoms with Crippen LogP contribution in [-0.2, 0) is 9.59 Å². The van der Waals surface area contributed by atoms with Crippen LogP contribution in [0.5, 0.6) is 0 Å². The second kappa shape index (κ2) is 10.3. The first-order valence-corrected chi connectivity index (χ1v) is 10.2. The molecule has 0 saturated carbocycles. The Labute approximate surface area is 182 Å². The molecule has 0 heterocycles. The minimum Gasteiger partial charge on any atom is -0.340 e. The zero-order chi connectivity index (χ0) is 22.4. The molecule has 1 unspecified atom stereocenters. The summed E-state index contributed by atoms with van der Waals surface area (Å²) in [6, 6.07) is 11.3. The van der Waals surface area contributed by atoms with E-state index in [0.29, 0.717) is 10.6 Å². The Hall–Kier alpha value is -2.86. The lowest BCUT2D eigenvalue weighted by molar-refractivity contribution is -0.135. The predicted octanol–water partition coefficient (Wildman–Crippen LogP) is 3.81. The second-order valence-corrected chi connectivity index (χ2v) is 8.13. The smallest absolute Gasteiger partial charge is 0.251 e. The van der Waals surface area contributed by atoms with Gasteiger partial charge in [-0.1, -0.05) is 37.6 Å². The van der Waals surface area contributed by atoms with E-state index in [-0.39, 0.29) is 30.2 Å². The summed E-state index contributed by atoms with van der Waals surface area (Å²) in [5.41, 5.74) is 3.18. The minimum absolute atomic E-state index is 0.119. The number of nitrogens with zero attached hydrogens (tertiary/aromatic N) is 1. The fourth-order valence-electron chi connectivity index (χ4n) is 2.95. The van der Waals surface area contributed by atoms with E-state index in [4.69, 9.17) is 11.6 Å². The standard InChI is InChI=1S/C23H28ClN3O3/c1-14(2)21(26-22(29)17-9-11-18(24)12-10-17)23(30)27(5)13-20(28)25-19-8-6-7-15(3)16(19)4/h6-12,14,21H,13H2,1-5H3,(H,25,28)(H,26,29). The molecular weight excluding hydrogens is 402 g/mol. The Morgan fingerprint density at radius 2 is 1.67 bits per heavy atom. The van der Waals surface area contributed by atoms with Gasteiger partial charge in [0.1, 0.15) is 6.04 Å². The number of benzene rings is 2. The van der Waals surface area contributed by atoms with E-state index in [1.165, 1.54) is 4.90 Å². The van der Waals surface area contributed by atoms with Crippen molar-refractivity contribution in [2.45, 2.75) is 33.7 Å². The number of anilines is 1. The largest absolute Gasteiger partial charge is 0.340 e. The van der Waals surface area contributed by atoms with E-state index in [1.54, 1.807) is 31.3 Å². The topological polar surface area (TPSA) is 78.5 Å². The second-order valence-electron chi connectivity index (χ2n) is 7.69. The number of rotatable bonds is 7. The van der Waals surface area contributed by atoms with E-state index in [0.717, 1.165) is 16.8 Å². The molecule has 30 heavy (non-hydrogen) atoms. The van der Waals surface area contributed by atoms with Gasteiger partial charge >= 0.3 is 0 Å². The summed E-state index contributed by atoms with van der Waals surface area (Å²) in [4.78, 5) is 39.2. The molecule has 0 spiro atoms. The van der Waals surface area contributed by atoms with Gasteiger partial charge in [-0.2, -0.15) is 0 Å². The molecular formula is C23H28ClN3O3. The Morgan fingerprint density at radius 3 is 2.27 bits per heavy atom. The molecule has 2 aromatic carbocycles. The molecule has 0 aromatic heterocycles. The van der Waals surface area contributed by atoms with Crippen LogP contribution in [0.2, 0.25) is 5.02 Å². The lowest BCUT2D eigenvalue weighted by atomic mass is 10.0. The number of amides is 3. The molecule has 0 aliphatic rings. The van der Waals surface area contributed by atoms with Gasteiger partial charge in [-0.25, -0.2) is 0 Å². The van der Waals surface area contributed by atoms with Crippen LogP contribution in [0.25, 0.3) is 0 Å². The quantitative estimate of drug-likeness (QED) is 0.702. The van der Waals surface area contributed by atoms with E-state index >= 15 is 0 Å². The molecule has 6 nitrogen and oxygen atoms in total. The molecule has 0 bridgehead atoms. The van der Waals surface area contributed by atoms with Crippen LogP contribution >= 0.6 is 11.6 Å². The Kier molecular flexibility index (Phi) is 8.00. The lowest BCUT2D eigenvalue weighted by Gasteiger charge is -2.27. The van der Waals surface area contributed by atoms with Crippen LogP contribution in [0, 0.1) is 19.8 Å². The van der Waals surface area contributed by atoms with Gasteiger partial charge in [0.2, 0.25) is 11.8 Å². The molecule has 0 saturated heterocycles. The van der Waals surface area contributed by atoms with Gasteiger partial charge in [0.05, 0.1) is 6.54 Å². The fraction of sp³-hybridized carbons (Fsp3) is 0.348. The molecule has 0 aliphatic carbocycles. The Balaban J connectivity index is 2.03.